The molecule has 0 aliphatic carbocycles. The summed E-state index contributed by atoms with van der Waals surface area (Å²) < 4.78 is 10.4. The minimum atomic E-state index is -0.532. The molecule has 0 bridgehead atoms. The summed E-state index contributed by atoms with van der Waals surface area (Å²) in [6.45, 7) is 2.28. The van der Waals surface area contributed by atoms with Crippen LogP contribution < -0.4 is 15.0 Å². The lowest BCUT2D eigenvalue weighted by atomic mass is 10.1. The van der Waals surface area contributed by atoms with Gasteiger partial charge in [0.1, 0.15) is 5.75 Å². The molecule has 1 aliphatic heterocycles. The molecule has 0 spiro atoms. The maximum atomic E-state index is 12.1. The van der Waals surface area contributed by atoms with E-state index in [-0.39, 0.29) is 38.0 Å². The molecular formula is C22H24N2O5. The molecule has 0 saturated carbocycles. The molecule has 1 heterocycles. The molecular weight excluding hydrogens is 372 g/mol. The standard InChI is InChI=1S/C22H24N2O5/c1-16-6-2-3-7-17(16)10-12-23-20(25)14-29-22(27)11-13-24-18-8-4-5-9-19(18)28-15-21(24)26/h2-9H,10-15H2,1H3,(H,23,25). The van der Waals surface area contributed by atoms with Gasteiger partial charge in [-0.2, -0.15) is 0 Å². The van der Waals surface area contributed by atoms with Gasteiger partial charge in [-0.15, -0.1) is 0 Å². The lowest BCUT2D eigenvalue weighted by molar-refractivity contribution is -0.148. The second-order valence-corrected chi connectivity index (χ2v) is 6.74. The van der Waals surface area contributed by atoms with Gasteiger partial charge < -0.3 is 19.7 Å². The number of rotatable bonds is 8. The van der Waals surface area contributed by atoms with Gasteiger partial charge in [0.2, 0.25) is 0 Å². The molecule has 0 radical (unpaired) electrons. The Hall–Kier alpha value is -3.35. The van der Waals surface area contributed by atoms with Crippen LogP contribution in [-0.4, -0.2) is 44.1 Å². The van der Waals surface area contributed by atoms with E-state index >= 15 is 0 Å². The summed E-state index contributed by atoms with van der Waals surface area (Å²) in [7, 11) is 0. The highest BCUT2D eigenvalue weighted by atomic mass is 16.5. The summed E-state index contributed by atoms with van der Waals surface area (Å²) in [4.78, 5) is 37.4. The van der Waals surface area contributed by atoms with Crippen molar-refractivity contribution in [2.45, 2.75) is 19.8 Å². The molecule has 2 aromatic carbocycles. The topological polar surface area (TPSA) is 84.9 Å². The van der Waals surface area contributed by atoms with Gasteiger partial charge in [-0.25, -0.2) is 0 Å². The number of hydrogen-bond acceptors (Lipinski definition) is 5. The van der Waals surface area contributed by atoms with Crippen LogP contribution in [0.4, 0.5) is 5.69 Å². The van der Waals surface area contributed by atoms with E-state index in [2.05, 4.69) is 5.32 Å². The number of ether oxygens (including phenoxy) is 2. The lowest BCUT2D eigenvalue weighted by Crippen LogP contribution is -2.40. The fourth-order valence-electron chi connectivity index (χ4n) is 3.10. The van der Waals surface area contributed by atoms with Crippen LogP contribution in [0, 0.1) is 6.92 Å². The number of aryl methyl sites for hydroxylation is 1. The van der Waals surface area contributed by atoms with E-state index in [1.165, 1.54) is 16.0 Å². The van der Waals surface area contributed by atoms with Gasteiger partial charge in [-0.05, 0) is 36.6 Å². The first-order valence-electron chi connectivity index (χ1n) is 9.53. The Morgan fingerprint density at radius 3 is 2.72 bits per heavy atom. The van der Waals surface area contributed by atoms with Crippen molar-refractivity contribution in [3.63, 3.8) is 0 Å². The van der Waals surface area contributed by atoms with Gasteiger partial charge in [0.05, 0.1) is 12.1 Å². The minimum absolute atomic E-state index is 0.00341. The van der Waals surface area contributed by atoms with Gasteiger partial charge in [-0.1, -0.05) is 36.4 Å². The van der Waals surface area contributed by atoms with E-state index in [0.29, 0.717) is 24.4 Å². The van der Waals surface area contributed by atoms with Crippen molar-refractivity contribution >= 4 is 23.5 Å². The largest absolute Gasteiger partial charge is 0.482 e. The number of amides is 2. The number of nitrogens with one attached hydrogen (secondary N) is 1. The van der Waals surface area contributed by atoms with Crippen LogP contribution in [0.25, 0.3) is 0 Å². The zero-order valence-corrected chi connectivity index (χ0v) is 16.3. The van der Waals surface area contributed by atoms with Crippen molar-refractivity contribution < 1.29 is 23.9 Å². The van der Waals surface area contributed by atoms with Crippen molar-refractivity contribution in [1.29, 1.82) is 0 Å². The molecule has 0 saturated heterocycles. The van der Waals surface area contributed by atoms with E-state index in [1.807, 2.05) is 37.3 Å². The third-order valence-electron chi connectivity index (χ3n) is 4.69. The Kier molecular flexibility index (Phi) is 6.84. The van der Waals surface area contributed by atoms with Crippen LogP contribution in [0.5, 0.6) is 5.75 Å². The Bertz CT molecular complexity index is 896. The number of benzene rings is 2. The molecule has 0 fully saturated rings. The summed E-state index contributed by atoms with van der Waals surface area (Å²) in [5.74, 6) is -0.491. The number of carbonyl (C=O) groups is 3. The van der Waals surface area contributed by atoms with Crippen molar-refractivity contribution in [3.05, 3.63) is 59.7 Å². The fourth-order valence-corrected chi connectivity index (χ4v) is 3.10. The Balaban J connectivity index is 1.38. The number of esters is 1. The number of para-hydroxylation sites is 2. The average molecular weight is 396 g/mol. The first-order valence-corrected chi connectivity index (χ1v) is 9.53. The molecule has 7 nitrogen and oxygen atoms in total. The zero-order chi connectivity index (χ0) is 20.6. The van der Waals surface area contributed by atoms with Crippen LogP contribution >= 0.6 is 0 Å². The highest BCUT2D eigenvalue weighted by Gasteiger charge is 2.25. The van der Waals surface area contributed by atoms with Crippen molar-refractivity contribution in [2.24, 2.45) is 0 Å². The Labute approximate surface area is 169 Å². The first-order chi connectivity index (χ1) is 14.0. The van der Waals surface area contributed by atoms with Gasteiger partial charge >= 0.3 is 5.97 Å². The first kappa shape index (κ1) is 20.4. The summed E-state index contributed by atoms with van der Waals surface area (Å²) >= 11 is 0. The second-order valence-electron chi connectivity index (χ2n) is 6.74. The van der Waals surface area contributed by atoms with E-state index in [1.54, 1.807) is 18.2 Å². The maximum absolute atomic E-state index is 12.1. The highest BCUT2D eigenvalue weighted by Crippen LogP contribution is 2.31. The molecule has 152 valence electrons. The van der Waals surface area contributed by atoms with Crippen LogP contribution in [-0.2, 0) is 25.5 Å². The normalized spacial score (nSPS) is 12.7. The predicted molar refractivity (Wildman–Crippen MR) is 108 cm³/mol. The third-order valence-corrected chi connectivity index (χ3v) is 4.69. The number of nitrogens with zero attached hydrogens (tertiary/aromatic N) is 1. The number of carbonyl (C=O) groups excluding carboxylic acids is 3. The van der Waals surface area contributed by atoms with E-state index < -0.39 is 5.97 Å². The minimum Gasteiger partial charge on any atom is -0.482 e. The van der Waals surface area contributed by atoms with E-state index in [0.717, 1.165) is 0 Å². The van der Waals surface area contributed by atoms with Crippen LogP contribution in [0.1, 0.15) is 17.5 Å². The van der Waals surface area contributed by atoms with E-state index in [4.69, 9.17) is 9.47 Å². The fraction of sp³-hybridized carbons (Fsp3) is 0.318. The quantitative estimate of drug-likeness (QED) is 0.690. The van der Waals surface area contributed by atoms with Crippen molar-refractivity contribution in [1.82, 2.24) is 5.32 Å². The van der Waals surface area contributed by atoms with Crippen LogP contribution in [0.2, 0.25) is 0 Å². The number of fused-ring (bicyclic) bond motifs is 1. The summed E-state index contributed by atoms with van der Waals surface area (Å²) in [6, 6.07) is 15.1. The molecule has 3 rings (SSSR count). The average Bonchev–Trinajstić information content (AvgIpc) is 2.73. The van der Waals surface area contributed by atoms with Gasteiger partial charge in [0, 0.05) is 13.1 Å². The molecule has 2 amide bonds. The summed E-state index contributed by atoms with van der Waals surface area (Å²) in [5.41, 5.74) is 2.97. The van der Waals surface area contributed by atoms with Crippen LogP contribution in [0.15, 0.2) is 48.5 Å². The molecule has 0 aromatic heterocycles. The SMILES string of the molecule is Cc1ccccc1CCNC(=O)COC(=O)CCN1C(=O)COc2ccccc21. The van der Waals surface area contributed by atoms with E-state index in [9.17, 15) is 14.4 Å². The zero-order valence-electron chi connectivity index (χ0n) is 16.3. The van der Waals surface area contributed by atoms with Gasteiger partial charge in [-0.3, -0.25) is 14.4 Å². The molecule has 1 N–H and O–H groups in total. The summed E-state index contributed by atoms with van der Waals surface area (Å²) in [5, 5.41) is 2.74. The smallest absolute Gasteiger partial charge is 0.308 e. The molecule has 0 atom stereocenters. The lowest BCUT2D eigenvalue weighted by Gasteiger charge is -2.28. The van der Waals surface area contributed by atoms with Crippen LogP contribution in [0.3, 0.4) is 0 Å². The highest BCUT2D eigenvalue weighted by molar-refractivity contribution is 5.98. The maximum Gasteiger partial charge on any atom is 0.308 e. The molecule has 1 aliphatic rings. The number of hydrogen-bond donors (Lipinski definition) is 1. The molecule has 0 unspecified atom stereocenters. The third kappa shape index (κ3) is 5.57. The Morgan fingerprint density at radius 2 is 1.90 bits per heavy atom. The Morgan fingerprint density at radius 1 is 1.14 bits per heavy atom. The monoisotopic (exact) mass is 396 g/mol. The summed E-state index contributed by atoms with van der Waals surface area (Å²) in [6.07, 6.45) is 0.710. The molecule has 7 heteroatoms. The number of anilines is 1. The van der Waals surface area contributed by atoms with Crippen molar-refractivity contribution in [3.8, 4) is 5.75 Å². The van der Waals surface area contributed by atoms with Gasteiger partial charge in [0.25, 0.3) is 11.8 Å². The predicted octanol–water partition coefficient (Wildman–Crippen LogP) is 2.01. The van der Waals surface area contributed by atoms with Crippen molar-refractivity contribution in [2.75, 3.05) is 31.2 Å². The molecule has 29 heavy (non-hydrogen) atoms. The molecule has 2 aromatic rings. The second kappa shape index (κ2) is 9.73. The van der Waals surface area contributed by atoms with Gasteiger partial charge in [0.15, 0.2) is 13.2 Å².